The van der Waals surface area contributed by atoms with Crippen LogP contribution in [0.4, 0.5) is 0 Å². The summed E-state index contributed by atoms with van der Waals surface area (Å²) in [6.07, 6.45) is 0. The van der Waals surface area contributed by atoms with Crippen molar-refractivity contribution in [1.29, 1.82) is 0 Å². The van der Waals surface area contributed by atoms with Gasteiger partial charge in [-0.1, -0.05) is 30.3 Å². The molecule has 0 aliphatic carbocycles. The Balaban J connectivity index is 2.44. The second-order valence-corrected chi connectivity index (χ2v) is 3.09. The summed E-state index contributed by atoms with van der Waals surface area (Å²) in [5.41, 5.74) is 0.643. The van der Waals surface area contributed by atoms with Crippen LogP contribution in [0.3, 0.4) is 0 Å². The van der Waals surface area contributed by atoms with Crippen LogP contribution >= 0.6 is 0 Å². The minimum atomic E-state index is -4.31. The lowest BCUT2D eigenvalue weighted by Crippen LogP contribution is -2.60. The van der Waals surface area contributed by atoms with Gasteiger partial charge in [0.2, 0.25) is 6.61 Å². The Morgan fingerprint density at radius 1 is 1.08 bits per heavy atom. The molecule has 1 aromatic rings. The van der Waals surface area contributed by atoms with Gasteiger partial charge in [-0.2, -0.15) is 14.0 Å². The van der Waals surface area contributed by atoms with Crippen LogP contribution in [0.25, 0.3) is 0 Å². The van der Waals surface area contributed by atoms with Crippen LogP contribution in [0.15, 0.2) is 30.3 Å². The number of hydrogen-bond acceptors (Lipinski definition) is 4. The summed E-state index contributed by atoms with van der Waals surface area (Å²) in [4.78, 5) is 0. The van der Waals surface area contributed by atoms with Gasteiger partial charge in [0.1, 0.15) is 0 Å². The zero-order chi connectivity index (χ0) is 9.03. The molecule has 5 heteroatoms. The minimum Gasteiger partial charge on any atom is -0.183 e. The van der Waals surface area contributed by atoms with E-state index in [1.165, 1.54) is 0 Å². The van der Waals surface area contributed by atoms with Gasteiger partial charge in [-0.05, 0) is 5.56 Å². The third-order valence-electron chi connectivity index (χ3n) is 1.20. The van der Waals surface area contributed by atoms with Gasteiger partial charge in [-0.25, -0.2) is 0 Å². The summed E-state index contributed by atoms with van der Waals surface area (Å²) < 4.78 is 34.0. The largest absolute Gasteiger partial charge is 0.228 e. The lowest BCUT2D eigenvalue weighted by Gasteiger charge is -2.12. The summed E-state index contributed by atoms with van der Waals surface area (Å²) in [6.45, 7) is -0.214. The van der Waals surface area contributed by atoms with E-state index < -0.39 is 10.2 Å². The molecule has 0 fully saturated rings. The van der Waals surface area contributed by atoms with Crippen LogP contribution in [0.1, 0.15) is 5.56 Å². The van der Waals surface area contributed by atoms with E-state index in [0.29, 0.717) is 5.56 Å². The summed E-state index contributed by atoms with van der Waals surface area (Å²) in [6, 6.07) is 8.58. The van der Waals surface area contributed by atoms with Crippen LogP contribution in [-0.4, -0.2) is 0 Å². The quantitative estimate of drug-likeness (QED) is 0.558. The topological polar surface area (TPSA) is 78.4 Å². The lowest BCUT2D eigenvalue weighted by atomic mass is 10.2. The third kappa shape index (κ3) is 3.66. The Morgan fingerprint density at radius 2 is 1.67 bits per heavy atom. The molecule has 0 aliphatic rings. The number of halogens is 1. The van der Waals surface area contributed by atoms with E-state index in [2.05, 4.69) is 4.29 Å². The second-order valence-electron chi connectivity index (χ2n) is 2.12. The van der Waals surface area contributed by atoms with E-state index in [1.54, 1.807) is 30.3 Å². The molecule has 66 valence electrons. The summed E-state index contributed by atoms with van der Waals surface area (Å²) in [7, 11) is -4.31. The lowest BCUT2D eigenvalue weighted by molar-refractivity contribution is -1.92. The minimum absolute atomic E-state index is 0.214. The molecule has 1 aromatic carbocycles. The van der Waals surface area contributed by atoms with Crippen molar-refractivity contribution in [3.05, 3.63) is 35.9 Å². The number of hydrogen-bond donors (Lipinski definition) is 0. The zero-order valence-corrected chi connectivity index (χ0v) is 6.86. The SMILES string of the molecule is [O-][Cl+3]([O-])([O-])OCc1ccccc1. The van der Waals surface area contributed by atoms with Crippen molar-refractivity contribution < 1.29 is 28.5 Å². The van der Waals surface area contributed by atoms with Crippen LogP contribution in [-0.2, 0) is 10.9 Å². The highest BCUT2D eigenvalue weighted by Crippen LogP contribution is 2.02. The van der Waals surface area contributed by atoms with Gasteiger partial charge in [0.15, 0.2) is 0 Å². The second kappa shape index (κ2) is 3.84. The molecule has 0 aliphatic heterocycles. The molecule has 1 rings (SSSR count). The molecule has 0 bridgehead atoms. The monoisotopic (exact) mass is 190 g/mol. The molecule has 0 saturated heterocycles. The van der Waals surface area contributed by atoms with Crippen LogP contribution in [0.5, 0.6) is 0 Å². The van der Waals surface area contributed by atoms with E-state index >= 15 is 0 Å². The molecule has 0 atom stereocenters. The average Bonchev–Trinajstić information content (AvgIpc) is 2.02. The maximum absolute atomic E-state index is 10.00. The molecule has 0 aromatic heterocycles. The molecule has 0 N–H and O–H groups in total. The summed E-state index contributed by atoms with van der Waals surface area (Å²) in [5, 5.41) is 0. The first-order chi connectivity index (χ1) is 5.58. The summed E-state index contributed by atoms with van der Waals surface area (Å²) >= 11 is 0. The van der Waals surface area contributed by atoms with Crippen LogP contribution in [0, 0.1) is 10.2 Å². The first-order valence-corrected chi connectivity index (χ1v) is 4.40. The Labute approximate surface area is 71.8 Å². The fraction of sp³-hybridized carbons (Fsp3) is 0.143. The normalized spacial score (nSPS) is 11.6. The van der Waals surface area contributed by atoms with Crippen molar-refractivity contribution in [2.75, 3.05) is 0 Å². The molecule has 0 radical (unpaired) electrons. The van der Waals surface area contributed by atoms with Crippen molar-refractivity contribution in [1.82, 2.24) is 0 Å². The smallest absolute Gasteiger partial charge is 0.183 e. The Kier molecular flexibility index (Phi) is 3.02. The maximum atomic E-state index is 10.00. The molecular formula is C7H7ClO4. The van der Waals surface area contributed by atoms with Crippen molar-refractivity contribution in [2.45, 2.75) is 6.61 Å². The molecule has 0 amide bonds. The zero-order valence-electron chi connectivity index (χ0n) is 6.10. The van der Waals surface area contributed by atoms with Gasteiger partial charge in [-0.15, -0.1) is 0 Å². The number of benzene rings is 1. The van der Waals surface area contributed by atoms with Crippen molar-refractivity contribution >= 4 is 0 Å². The van der Waals surface area contributed by atoms with Gasteiger partial charge in [-0.3, -0.25) is 0 Å². The third-order valence-corrected chi connectivity index (χ3v) is 1.57. The van der Waals surface area contributed by atoms with Gasteiger partial charge >= 0.3 is 0 Å². The molecule has 0 saturated carbocycles. The van der Waals surface area contributed by atoms with E-state index in [1.807, 2.05) is 0 Å². The maximum Gasteiger partial charge on any atom is 0.228 e. The number of rotatable bonds is 3. The highest BCUT2D eigenvalue weighted by atomic mass is 35.7. The highest BCUT2D eigenvalue weighted by molar-refractivity contribution is 5.13. The van der Waals surface area contributed by atoms with E-state index in [4.69, 9.17) is 0 Å². The Hall–Kier alpha value is -0.650. The van der Waals surface area contributed by atoms with E-state index in [0.717, 1.165) is 0 Å². The standard InChI is InChI=1S/C7H7ClO4/c9-8(10,11)12-6-7-4-2-1-3-5-7/h1-5H,6H2. The van der Waals surface area contributed by atoms with Crippen LogP contribution < -0.4 is 14.0 Å². The predicted molar refractivity (Wildman–Crippen MR) is 31.2 cm³/mol. The molecule has 0 unspecified atom stereocenters. The Morgan fingerprint density at radius 3 is 2.17 bits per heavy atom. The van der Waals surface area contributed by atoms with Crippen molar-refractivity contribution in [2.24, 2.45) is 0 Å². The van der Waals surface area contributed by atoms with Gasteiger partial charge in [0, 0.05) is 0 Å². The molecule has 0 spiro atoms. The van der Waals surface area contributed by atoms with Crippen molar-refractivity contribution in [3.63, 3.8) is 0 Å². The Bertz CT molecular complexity index is 231. The van der Waals surface area contributed by atoms with Crippen LogP contribution in [0.2, 0.25) is 0 Å². The molecular weight excluding hydrogens is 184 g/mol. The first kappa shape index (κ1) is 9.44. The van der Waals surface area contributed by atoms with Gasteiger partial charge in [0.25, 0.3) is 0 Å². The molecule has 4 nitrogen and oxygen atoms in total. The predicted octanol–water partition coefficient (Wildman–Crippen LogP) is -1.90. The molecule has 12 heavy (non-hydrogen) atoms. The average molecular weight is 191 g/mol. The van der Waals surface area contributed by atoms with E-state index in [9.17, 15) is 14.0 Å². The van der Waals surface area contributed by atoms with E-state index in [-0.39, 0.29) is 6.61 Å². The summed E-state index contributed by atoms with van der Waals surface area (Å²) in [5.74, 6) is 0. The van der Waals surface area contributed by atoms with Crippen molar-refractivity contribution in [3.8, 4) is 0 Å². The molecule has 0 heterocycles. The highest BCUT2D eigenvalue weighted by Gasteiger charge is 2.16. The van der Waals surface area contributed by atoms with Gasteiger partial charge < -0.3 is 0 Å². The first-order valence-electron chi connectivity index (χ1n) is 3.17. The fourth-order valence-corrected chi connectivity index (χ4v) is 0.964. The van der Waals surface area contributed by atoms with Gasteiger partial charge in [0.05, 0.1) is 14.5 Å². The fourth-order valence-electron chi connectivity index (χ4n) is 0.704.